The number of carbonyl (C=O) groups is 4. The first kappa shape index (κ1) is 39.4. The second-order valence-electron chi connectivity index (χ2n) is 18.4. The summed E-state index contributed by atoms with van der Waals surface area (Å²) >= 11 is 0. The maximum absolute atomic E-state index is 14.6. The maximum Gasteiger partial charge on any atom is 0.481 e. The molecule has 0 radical (unpaired) electrons. The lowest BCUT2D eigenvalue weighted by molar-refractivity contribution is -0.185. The van der Waals surface area contributed by atoms with E-state index >= 15 is 0 Å². The number of nitrogens with one attached hydrogen (secondary N) is 2. The van der Waals surface area contributed by atoms with Crippen molar-refractivity contribution in [3.63, 3.8) is 0 Å². The Morgan fingerprint density at radius 1 is 1.02 bits per heavy atom. The Balaban J connectivity index is 1.13. The van der Waals surface area contributed by atoms with Gasteiger partial charge in [0.1, 0.15) is 23.8 Å². The second-order valence-corrected chi connectivity index (χ2v) is 18.4. The van der Waals surface area contributed by atoms with E-state index in [9.17, 15) is 19.2 Å². The number of nitrogens with zero attached hydrogens (tertiary/aromatic N) is 2. The minimum atomic E-state index is -1.04. The van der Waals surface area contributed by atoms with E-state index in [1.165, 1.54) is 4.90 Å². The molecule has 0 unspecified atom stereocenters. The van der Waals surface area contributed by atoms with Crippen LogP contribution < -0.4 is 10.6 Å². The van der Waals surface area contributed by atoms with Gasteiger partial charge in [0.2, 0.25) is 11.8 Å². The minimum Gasteiger partial charge on any atom is -0.444 e. The van der Waals surface area contributed by atoms with Crippen molar-refractivity contribution >= 4 is 31.1 Å². The number of benzene rings is 1. The molecule has 13 heteroatoms. The summed E-state index contributed by atoms with van der Waals surface area (Å²) in [5.74, 6) is -0.297. The zero-order valence-electron chi connectivity index (χ0n) is 33.4. The SMILES string of the molecule is CC(C)(C)OC(=O)N[C@H]1CC=C=CCCCCCC[C@@H](B2O[C@@H]3[C@@H]4C[C@H](C[C@]3(C)O2)C4(C)C)NC(=O)[C@@H]2C[C@@H](OC(=O)N3Cc4ccccc4C3)CN2C1=O. The molecule has 4 amide bonds. The predicted molar refractivity (Wildman–Crippen MR) is 206 cm³/mol. The van der Waals surface area contributed by atoms with E-state index in [0.29, 0.717) is 31.3 Å². The van der Waals surface area contributed by atoms with Crippen molar-refractivity contribution in [2.75, 3.05) is 6.54 Å². The van der Waals surface area contributed by atoms with Crippen molar-refractivity contribution in [1.82, 2.24) is 20.4 Å². The normalized spacial score (nSPS) is 33.5. The molecule has 12 nitrogen and oxygen atoms in total. The average Bonchev–Trinajstić information content (AvgIpc) is 3.84. The van der Waals surface area contributed by atoms with Crippen LogP contribution in [0, 0.1) is 17.3 Å². The molecule has 0 aromatic heterocycles. The first-order valence-corrected chi connectivity index (χ1v) is 20.5. The van der Waals surface area contributed by atoms with Crippen LogP contribution in [0.4, 0.5) is 9.59 Å². The Morgan fingerprint density at radius 3 is 2.45 bits per heavy atom. The van der Waals surface area contributed by atoms with Crippen LogP contribution in [0.3, 0.4) is 0 Å². The van der Waals surface area contributed by atoms with E-state index < -0.39 is 60.5 Å². The van der Waals surface area contributed by atoms with Gasteiger partial charge in [0.25, 0.3) is 0 Å². The van der Waals surface area contributed by atoms with Crippen molar-refractivity contribution in [2.45, 2.75) is 160 Å². The first-order chi connectivity index (χ1) is 26.1. The van der Waals surface area contributed by atoms with Gasteiger partial charge in [0, 0.05) is 25.9 Å². The van der Waals surface area contributed by atoms with Gasteiger partial charge < -0.3 is 34.3 Å². The highest BCUT2D eigenvalue weighted by Gasteiger charge is 2.67. The number of rotatable bonds is 3. The summed E-state index contributed by atoms with van der Waals surface area (Å²) in [6.07, 6.45) is 9.34. The van der Waals surface area contributed by atoms with Crippen LogP contribution in [0.2, 0.25) is 0 Å². The molecule has 7 aliphatic rings. The van der Waals surface area contributed by atoms with E-state index in [1.807, 2.05) is 30.3 Å². The third kappa shape index (κ3) is 8.49. The Bertz CT molecular complexity index is 1680. The third-order valence-electron chi connectivity index (χ3n) is 12.9. The molecule has 5 fully saturated rings. The summed E-state index contributed by atoms with van der Waals surface area (Å²) in [4.78, 5) is 58.7. The highest BCUT2D eigenvalue weighted by atomic mass is 16.7. The van der Waals surface area contributed by atoms with E-state index in [1.54, 1.807) is 31.7 Å². The molecule has 2 saturated heterocycles. The molecule has 1 aromatic rings. The third-order valence-corrected chi connectivity index (χ3v) is 12.9. The lowest BCUT2D eigenvalue weighted by Gasteiger charge is -2.63. The molecule has 3 aliphatic carbocycles. The monoisotopic (exact) mass is 758 g/mol. The van der Waals surface area contributed by atoms with E-state index in [0.717, 1.165) is 56.1 Å². The first-order valence-electron chi connectivity index (χ1n) is 20.5. The molecule has 8 rings (SSSR count). The maximum atomic E-state index is 14.6. The van der Waals surface area contributed by atoms with Crippen molar-refractivity contribution in [3.8, 4) is 0 Å². The molecule has 1 aromatic carbocycles. The van der Waals surface area contributed by atoms with Crippen LogP contribution in [0.1, 0.15) is 117 Å². The zero-order chi connectivity index (χ0) is 39.1. The van der Waals surface area contributed by atoms with Gasteiger partial charge in [-0.15, -0.1) is 5.73 Å². The molecule has 2 bridgehead atoms. The molecule has 3 saturated carbocycles. The van der Waals surface area contributed by atoms with Gasteiger partial charge >= 0.3 is 19.3 Å². The van der Waals surface area contributed by atoms with Crippen molar-refractivity contribution in [1.29, 1.82) is 0 Å². The number of ether oxygens (including phenoxy) is 2. The fourth-order valence-electron chi connectivity index (χ4n) is 9.71. The molecule has 298 valence electrons. The molecule has 0 spiro atoms. The summed E-state index contributed by atoms with van der Waals surface area (Å²) < 4.78 is 25.1. The molecular formula is C42H59BN4O8. The van der Waals surface area contributed by atoms with Crippen LogP contribution >= 0.6 is 0 Å². The second kappa shape index (κ2) is 15.6. The van der Waals surface area contributed by atoms with Gasteiger partial charge in [-0.3, -0.25) is 14.5 Å². The van der Waals surface area contributed by atoms with Crippen LogP contribution in [0.5, 0.6) is 0 Å². The van der Waals surface area contributed by atoms with Crippen LogP contribution in [0.15, 0.2) is 42.1 Å². The number of hydrogen-bond acceptors (Lipinski definition) is 8. The lowest BCUT2D eigenvalue weighted by Crippen LogP contribution is -2.63. The number of alkyl carbamates (subject to hydrolysis) is 1. The zero-order valence-corrected chi connectivity index (χ0v) is 33.4. The number of amides is 4. The summed E-state index contributed by atoms with van der Waals surface area (Å²) in [5.41, 5.74) is 4.29. The summed E-state index contributed by atoms with van der Waals surface area (Å²) in [6.45, 7) is 12.9. The van der Waals surface area contributed by atoms with Crippen LogP contribution in [-0.4, -0.2) is 88.9 Å². The predicted octanol–water partition coefficient (Wildman–Crippen LogP) is 6.21. The van der Waals surface area contributed by atoms with E-state index in [2.05, 4.69) is 37.1 Å². The Hall–Kier alpha value is -3.80. The lowest BCUT2D eigenvalue weighted by atomic mass is 9.45. The number of fused-ring (bicyclic) bond motifs is 2. The summed E-state index contributed by atoms with van der Waals surface area (Å²) in [6, 6.07) is 5.88. The van der Waals surface area contributed by atoms with Gasteiger partial charge in [-0.1, -0.05) is 57.4 Å². The Labute approximate surface area is 326 Å². The van der Waals surface area contributed by atoms with Gasteiger partial charge in [-0.05, 0) is 100 Å². The Morgan fingerprint density at radius 2 is 1.75 bits per heavy atom. The minimum absolute atomic E-state index is 0.00507. The largest absolute Gasteiger partial charge is 0.481 e. The van der Waals surface area contributed by atoms with Gasteiger partial charge in [-0.2, -0.15) is 0 Å². The van der Waals surface area contributed by atoms with Gasteiger partial charge in [-0.25, -0.2) is 9.59 Å². The van der Waals surface area contributed by atoms with Crippen LogP contribution in [-0.2, 0) is 41.5 Å². The molecule has 55 heavy (non-hydrogen) atoms. The molecule has 2 N–H and O–H groups in total. The van der Waals surface area contributed by atoms with Crippen molar-refractivity contribution in [3.05, 3.63) is 53.3 Å². The van der Waals surface area contributed by atoms with Crippen molar-refractivity contribution in [2.24, 2.45) is 17.3 Å². The number of hydrogen-bond donors (Lipinski definition) is 2. The highest BCUT2D eigenvalue weighted by molar-refractivity contribution is 6.48. The van der Waals surface area contributed by atoms with Crippen molar-refractivity contribution < 1.29 is 38.0 Å². The van der Waals surface area contributed by atoms with Gasteiger partial charge in [0.05, 0.1) is 24.2 Å². The summed E-state index contributed by atoms with van der Waals surface area (Å²) in [5, 5.41) is 6.03. The van der Waals surface area contributed by atoms with Crippen LogP contribution in [0.25, 0.3) is 0 Å². The van der Waals surface area contributed by atoms with E-state index in [-0.39, 0.29) is 36.8 Å². The Kier molecular flexibility index (Phi) is 11.2. The van der Waals surface area contributed by atoms with E-state index in [4.69, 9.17) is 18.8 Å². The molecular weight excluding hydrogens is 699 g/mol. The molecule has 4 heterocycles. The quantitative estimate of drug-likeness (QED) is 0.275. The number of carbonyl (C=O) groups excluding carboxylic acids is 4. The molecule has 8 atom stereocenters. The fourth-order valence-corrected chi connectivity index (χ4v) is 9.71. The standard InChI is InChI=1S/C42H59BN4O8/c1-40(2,3)53-38(50)44-32-19-13-11-9-7-8-10-12-14-20-34(43-54-35-31-21-29(41(31,4)5)23-42(35,6)55-43)45-36(48)33-22-30(26-47(33)37(32)49)52-39(51)46-24-27-17-15-16-18-28(27)25-46/h9,13,15-18,29-35H,7-8,10,12,14,19-26H2,1-6H3,(H,44,50)(H,45,48)/t11?,29-,30-,31+,32+,33+,34+,35-,42+/m1/s1. The summed E-state index contributed by atoms with van der Waals surface area (Å²) in [7, 11) is -0.624. The highest BCUT2D eigenvalue weighted by Crippen LogP contribution is 2.64. The molecule has 4 aliphatic heterocycles. The topological polar surface area (TPSA) is 136 Å². The smallest absolute Gasteiger partial charge is 0.444 e. The average molecular weight is 759 g/mol. The van der Waals surface area contributed by atoms with Gasteiger partial charge in [0.15, 0.2) is 0 Å². The fraction of sp³-hybridized carbons (Fsp3) is 0.690.